The number of unbranched alkanes of at least 4 members (excludes halogenated alkanes) is 13. The van der Waals surface area contributed by atoms with Gasteiger partial charge in [-0.2, -0.15) is 0 Å². The minimum Gasteiger partial charge on any atom is -0.481 e. The second-order valence-electron chi connectivity index (χ2n) is 8.95. The topological polar surface area (TPSA) is 95.9 Å². The van der Waals surface area contributed by atoms with Crippen LogP contribution in [0.25, 0.3) is 0 Å². The molecule has 0 radical (unpaired) electrons. The van der Waals surface area contributed by atoms with Gasteiger partial charge in [0.15, 0.2) is 0 Å². The van der Waals surface area contributed by atoms with Gasteiger partial charge in [-0.05, 0) is 30.7 Å². The number of benzene rings is 1. The fraction of sp³-hybridized carbons (Fsp3) is 0.704. The predicted octanol–water partition coefficient (Wildman–Crippen LogP) is 6.57. The van der Waals surface area contributed by atoms with Crippen molar-refractivity contribution in [3.05, 3.63) is 29.8 Å². The number of ether oxygens (including phenoxy) is 1. The van der Waals surface area contributed by atoms with Gasteiger partial charge in [0.1, 0.15) is 6.61 Å². The minimum absolute atomic E-state index is 0.329. The lowest BCUT2D eigenvalue weighted by atomic mass is 10.0. The molecule has 0 bridgehead atoms. The van der Waals surface area contributed by atoms with E-state index in [2.05, 4.69) is 12.2 Å². The van der Waals surface area contributed by atoms with E-state index in [0.29, 0.717) is 5.56 Å². The van der Waals surface area contributed by atoms with Crippen LogP contribution in [0.2, 0.25) is 0 Å². The molecule has 0 spiro atoms. The number of aliphatic hydroxyl groups excluding tert-OH is 1. The highest BCUT2D eigenvalue weighted by Crippen LogP contribution is 2.14. The second-order valence-corrected chi connectivity index (χ2v) is 8.95. The number of esters is 1. The predicted molar refractivity (Wildman–Crippen MR) is 134 cm³/mol. The van der Waals surface area contributed by atoms with Gasteiger partial charge in [0.2, 0.25) is 0 Å². The molecule has 0 amide bonds. The monoisotopic (exact) mass is 463 g/mol. The van der Waals surface area contributed by atoms with E-state index in [4.69, 9.17) is 9.84 Å². The molecule has 1 aromatic carbocycles. The van der Waals surface area contributed by atoms with Crippen molar-refractivity contribution in [2.24, 2.45) is 0 Å². The van der Waals surface area contributed by atoms with E-state index >= 15 is 0 Å². The zero-order valence-corrected chi connectivity index (χ0v) is 20.5. The number of hydrogen-bond acceptors (Lipinski definition) is 5. The van der Waals surface area contributed by atoms with Crippen LogP contribution in [-0.4, -0.2) is 41.4 Å². The van der Waals surface area contributed by atoms with Gasteiger partial charge in [-0.1, -0.05) is 90.4 Å². The average Bonchev–Trinajstić information content (AvgIpc) is 2.80. The third-order valence-corrected chi connectivity index (χ3v) is 5.80. The van der Waals surface area contributed by atoms with Crippen molar-refractivity contribution in [2.75, 3.05) is 18.5 Å². The lowest BCUT2D eigenvalue weighted by Gasteiger charge is -2.10. The van der Waals surface area contributed by atoms with Crippen LogP contribution in [0, 0.1) is 0 Å². The van der Waals surface area contributed by atoms with Crippen LogP contribution in [0.3, 0.4) is 0 Å². The van der Waals surface area contributed by atoms with Gasteiger partial charge in [-0.3, -0.25) is 4.79 Å². The molecule has 0 saturated carbocycles. The van der Waals surface area contributed by atoms with Crippen LogP contribution in [0.1, 0.15) is 114 Å². The molecule has 6 nitrogen and oxygen atoms in total. The number of aliphatic carboxylic acids is 1. The van der Waals surface area contributed by atoms with Gasteiger partial charge in [-0.25, -0.2) is 4.79 Å². The first kappa shape index (κ1) is 29.0. The number of carbonyl (C=O) groups excluding carboxylic acids is 1. The van der Waals surface area contributed by atoms with Crippen LogP contribution in [0.4, 0.5) is 5.69 Å². The van der Waals surface area contributed by atoms with Crippen molar-refractivity contribution in [3.63, 3.8) is 0 Å². The molecule has 33 heavy (non-hydrogen) atoms. The Labute approximate surface area is 200 Å². The maximum Gasteiger partial charge on any atom is 0.338 e. The van der Waals surface area contributed by atoms with Gasteiger partial charge in [0.25, 0.3) is 0 Å². The summed E-state index contributed by atoms with van der Waals surface area (Å²) in [5.74, 6) is -1.70. The highest BCUT2D eigenvalue weighted by Gasteiger charge is 2.13. The Balaban J connectivity index is 1.99. The number of aliphatic hydroxyl groups is 1. The quantitative estimate of drug-likeness (QED) is 0.141. The Bertz CT molecular complexity index is 632. The van der Waals surface area contributed by atoms with Crippen LogP contribution >= 0.6 is 0 Å². The summed E-state index contributed by atoms with van der Waals surface area (Å²) in [7, 11) is 0. The standard InChI is InChI=1S/C27H45NO5/c1-2-3-4-5-6-7-8-9-10-11-12-13-14-15-20-28-24-18-16-23(17-19-24)27(32)33-22-25(29)21-26(30)31/h16-19,25,28-29H,2-15,20-22H2,1H3,(H,30,31). The van der Waals surface area contributed by atoms with E-state index in [1.54, 1.807) is 12.1 Å². The first-order chi connectivity index (χ1) is 16.0. The number of carboxylic acids is 1. The molecule has 1 rings (SSSR count). The zero-order chi connectivity index (χ0) is 24.2. The Kier molecular flexibility index (Phi) is 17.0. The third kappa shape index (κ3) is 16.2. The number of hydrogen-bond donors (Lipinski definition) is 3. The lowest BCUT2D eigenvalue weighted by Crippen LogP contribution is -2.21. The third-order valence-electron chi connectivity index (χ3n) is 5.80. The fourth-order valence-electron chi connectivity index (χ4n) is 3.79. The molecule has 0 saturated heterocycles. The molecule has 3 N–H and O–H groups in total. The summed E-state index contributed by atoms with van der Waals surface area (Å²) < 4.78 is 4.95. The van der Waals surface area contributed by atoms with E-state index in [-0.39, 0.29) is 6.61 Å². The Morgan fingerprint density at radius 3 is 1.79 bits per heavy atom. The van der Waals surface area contributed by atoms with E-state index in [0.717, 1.165) is 18.7 Å². The van der Waals surface area contributed by atoms with Crippen molar-refractivity contribution in [2.45, 2.75) is 109 Å². The molecule has 1 unspecified atom stereocenters. The summed E-state index contributed by atoms with van der Waals surface area (Å²) in [6, 6.07) is 6.99. The van der Waals surface area contributed by atoms with Crippen molar-refractivity contribution in [1.82, 2.24) is 0 Å². The maximum atomic E-state index is 12.0. The molecule has 6 heteroatoms. The van der Waals surface area contributed by atoms with E-state index < -0.39 is 24.5 Å². The number of anilines is 1. The number of nitrogens with one attached hydrogen (secondary N) is 1. The van der Waals surface area contributed by atoms with Crippen molar-refractivity contribution < 1.29 is 24.5 Å². The fourth-order valence-corrected chi connectivity index (χ4v) is 3.79. The van der Waals surface area contributed by atoms with Crippen LogP contribution in [0.5, 0.6) is 0 Å². The molecule has 0 aromatic heterocycles. The van der Waals surface area contributed by atoms with Crippen LogP contribution < -0.4 is 5.32 Å². The molecular formula is C27H45NO5. The Morgan fingerprint density at radius 1 is 0.818 bits per heavy atom. The first-order valence-electron chi connectivity index (χ1n) is 12.9. The Hall–Kier alpha value is -2.08. The van der Waals surface area contributed by atoms with Crippen LogP contribution in [0.15, 0.2) is 24.3 Å². The maximum absolute atomic E-state index is 12.0. The van der Waals surface area contributed by atoms with Crippen molar-refractivity contribution >= 4 is 17.6 Å². The summed E-state index contributed by atoms with van der Waals surface area (Å²) in [5.41, 5.74) is 1.33. The second kappa shape index (κ2) is 19.4. The summed E-state index contributed by atoms with van der Waals surface area (Å²) >= 11 is 0. The molecule has 0 aliphatic rings. The molecule has 0 heterocycles. The smallest absolute Gasteiger partial charge is 0.338 e. The van der Waals surface area contributed by atoms with Gasteiger partial charge < -0.3 is 20.3 Å². The SMILES string of the molecule is CCCCCCCCCCCCCCCCNc1ccc(C(=O)OCC(O)CC(=O)O)cc1. The largest absolute Gasteiger partial charge is 0.481 e. The van der Waals surface area contributed by atoms with Gasteiger partial charge >= 0.3 is 11.9 Å². The Morgan fingerprint density at radius 2 is 1.30 bits per heavy atom. The van der Waals surface area contributed by atoms with Crippen LogP contribution in [-0.2, 0) is 9.53 Å². The van der Waals surface area contributed by atoms with Gasteiger partial charge in [0.05, 0.1) is 18.1 Å². The summed E-state index contributed by atoms with van der Waals surface area (Å²) in [5, 5.41) is 21.4. The summed E-state index contributed by atoms with van der Waals surface area (Å²) in [6.07, 6.45) is 17.2. The van der Waals surface area contributed by atoms with E-state index in [1.807, 2.05) is 12.1 Å². The minimum atomic E-state index is -1.20. The highest BCUT2D eigenvalue weighted by molar-refractivity contribution is 5.89. The number of carbonyl (C=O) groups is 2. The number of carboxylic acid groups (broad SMARTS) is 1. The molecular weight excluding hydrogens is 418 g/mol. The van der Waals surface area contributed by atoms with E-state index in [9.17, 15) is 14.7 Å². The molecule has 0 fully saturated rings. The molecule has 1 aromatic rings. The number of rotatable bonds is 21. The molecule has 1 atom stereocenters. The summed E-state index contributed by atoms with van der Waals surface area (Å²) in [6.45, 7) is 2.84. The molecule has 0 aliphatic carbocycles. The lowest BCUT2D eigenvalue weighted by molar-refractivity contribution is -0.139. The molecule has 188 valence electrons. The first-order valence-corrected chi connectivity index (χ1v) is 12.9. The van der Waals surface area contributed by atoms with Gasteiger partial charge in [-0.15, -0.1) is 0 Å². The highest BCUT2D eigenvalue weighted by atomic mass is 16.5. The zero-order valence-electron chi connectivity index (χ0n) is 20.5. The summed E-state index contributed by atoms with van der Waals surface area (Å²) in [4.78, 5) is 22.5. The normalized spacial score (nSPS) is 11.8. The van der Waals surface area contributed by atoms with Crippen molar-refractivity contribution in [1.29, 1.82) is 0 Å². The molecule has 0 aliphatic heterocycles. The van der Waals surface area contributed by atoms with Crippen molar-refractivity contribution in [3.8, 4) is 0 Å². The van der Waals surface area contributed by atoms with E-state index in [1.165, 1.54) is 83.5 Å². The average molecular weight is 464 g/mol. The van der Waals surface area contributed by atoms with Gasteiger partial charge in [0, 0.05) is 12.2 Å².